The van der Waals surface area contributed by atoms with E-state index in [2.05, 4.69) is 0 Å². The number of benzene rings is 2. The van der Waals surface area contributed by atoms with Crippen molar-refractivity contribution >= 4 is 16.6 Å². The first-order valence-electron chi connectivity index (χ1n) is 6.82. The molecule has 0 aliphatic heterocycles. The van der Waals surface area contributed by atoms with Gasteiger partial charge in [-0.2, -0.15) is 0 Å². The number of carbonyl (C=O) groups is 1. The van der Waals surface area contributed by atoms with Crippen LogP contribution in [0, 0.1) is 6.92 Å². The maximum Gasteiger partial charge on any atom is 0.229 e. The molecule has 1 aromatic heterocycles. The molecule has 3 aromatic rings. The van der Waals surface area contributed by atoms with Crippen molar-refractivity contribution in [1.82, 2.24) is 0 Å². The molecule has 0 unspecified atom stereocenters. The molecule has 0 aliphatic rings. The zero-order chi connectivity index (χ0) is 14.1. The lowest BCUT2D eigenvalue weighted by molar-refractivity contribution is 0.101. The Hall–Kier alpha value is -2.35. The Balaban J connectivity index is 2.18. The van der Waals surface area contributed by atoms with E-state index in [-0.39, 0.29) is 5.78 Å². The first kappa shape index (κ1) is 12.7. The Morgan fingerprint density at radius 1 is 1.05 bits per heavy atom. The lowest BCUT2D eigenvalue weighted by atomic mass is 9.96. The van der Waals surface area contributed by atoms with Crippen LogP contribution in [0.1, 0.15) is 34.4 Å². The van der Waals surface area contributed by atoms with E-state index in [9.17, 15) is 4.79 Å². The molecule has 100 valence electrons. The molecule has 0 radical (unpaired) electrons. The average molecular weight is 264 g/mol. The maximum absolute atomic E-state index is 12.7. The molecule has 0 bridgehead atoms. The van der Waals surface area contributed by atoms with E-state index in [0.29, 0.717) is 5.76 Å². The molecule has 0 fully saturated rings. The lowest BCUT2D eigenvalue weighted by Gasteiger charge is -2.08. The molecular weight excluding hydrogens is 248 g/mol. The van der Waals surface area contributed by atoms with Crippen molar-refractivity contribution in [1.29, 1.82) is 0 Å². The van der Waals surface area contributed by atoms with E-state index in [0.717, 1.165) is 34.1 Å². The Morgan fingerprint density at radius 3 is 2.60 bits per heavy atom. The summed E-state index contributed by atoms with van der Waals surface area (Å²) in [6.07, 6.45) is 0.793. The van der Waals surface area contributed by atoms with Crippen LogP contribution < -0.4 is 0 Å². The standard InChI is InChI=1S/C18H16O2/c1-3-14-10-11-16(20-14)18(19)17-12(2)8-9-13-6-4-5-7-15(13)17/h4-11H,3H2,1-2H3. The van der Waals surface area contributed by atoms with Gasteiger partial charge in [0.2, 0.25) is 5.78 Å². The molecule has 0 amide bonds. The third-order valence-electron chi connectivity index (χ3n) is 3.60. The smallest absolute Gasteiger partial charge is 0.229 e. The summed E-state index contributed by atoms with van der Waals surface area (Å²) in [5, 5.41) is 2.05. The van der Waals surface area contributed by atoms with E-state index in [1.165, 1.54) is 0 Å². The second-order valence-corrected chi connectivity index (χ2v) is 4.93. The van der Waals surface area contributed by atoms with Gasteiger partial charge in [0.25, 0.3) is 0 Å². The minimum absolute atomic E-state index is 0.0426. The third-order valence-corrected chi connectivity index (χ3v) is 3.60. The third kappa shape index (κ3) is 2.03. The molecule has 0 saturated heterocycles. The van der Waals surface area contributed by atoms with Gasteiger partial charge in [-0.05, 0) is 35.4 Å². The highest BCUT2D eigenvalue weighted by atomic mass is 16.3. The molecule has 2 nitrogen and oxygen atoms in total. The number of carbonyl (C=O) groups excluding carboxylic acids is 1. The van der Waals surface area contributed by atoms with Crippen molar-refractivity contribution in [3.63, 3.8) is 0 Å². The molecule has 0 saturated carbocycles. The van der Waals surface area contributed by atoms with Crippen molar-refractivity contribution in [2.24, 2.45) is 0 Å². The fourth-order valence-electron chi connectivity index (χ4n) is 2.50. The largest absolute Gasteiger partial charge is 0.458 e. The Bertz CT molecular complexity index is 781. The number of hydrogen-bond donors (Lipinski definition) is 0. The predicted octanol–water partition coefficient (Wildman–Crippen LogP) is 4.53. The van der Waals surface area contributed by atoms with Gasteiger partial charge in [0, 0.05) is 12.0 Å². The highest BCUT2D eigenvalue weighted by Crippen LogP contribution is 2.25. The second kappa shape index (κ2) is 4.97. The first-order chi connectivity index (χ1) is 9.70. The second-order valence-electron chi connectivity index (χ2n) is 4.93. The predicted molar refractivity (Wildman–Crippen MR) is 80.2 cm³/mol. The maximum atomic E-state index is 12.7. The van der Waals surface area contributed by atoms with Gasteiger partial charge in [-0.15, -0.1) is 0 Å². The van der Waals surface area contributed by atoms with Crippen LogP contribution in [0.25, 0.3) is 10.8 Å². The summed E-state index contributed by atoms with van der Waals surface area (Å²) in [7, 11) is 0. The molecule has 20 heavy (non-hydrogen) atoms. The molecule has 3 rings (SSSR count). The van der Waals surface area contributed by atoms with Gasteiger partial charge in [-0.3, -0.25) is 4.79 Å². The van der Waals surface area contributed by atoms with Gasteiger partial charge in [-0.25, -0.2) is 0 Å². The summed E-state index contributed by atoms with van der Waals surface area (Å²) in [6, 6.07) is 15.6. The van der Waals surface area contributed by atoms with Crippen molar-refractivity contribution in [3.8, 4) is 0 Å². The zero-order valence-corrected chi connectivity index (χ0v) is 11.6. The van der Waals surface area contributed by atoms with Crippen LogP contribution in [0.5, 0.6) is 0 Å². The number of furan rings is 1. The minimum atomic E-state index is -0.0426. The number of rotatable bonds is 3. The first-order valence-corrected chi connectivity index (χ1v) is 6.82. The fraction of sp³-hybridized carbons (Fsp3) is 0.167. The lowest BCUT2D eigenvalue weighted by Crippen LogP contribution is -2.03. The van der Waals surface area contributed by atoms with Crippen molar-refractivity contribution in [3.05, 3.63) is 71.2 Å². The van der Waals surface area contributed by atoms with Crippen LogP contribution in [-0.2, 0) is 6.42 Å². The summed E-state index contributed by atoms with van der Waals surface area (Å²) in [5.41, 5.74) is 1.71. The molecule has 0 atom stereocenters. The molecule has 2 aromatic carbocycles. The molecule has 0 N–H and O–H groups in total. The molecule has 2 heteroatoms. The Morgan fingerprint density at radius 2 is 1.85 bits per heavy atom. The monoisotopic (exact) mass is 264 g/mol. The van der Waals surface area contributed by atoms with Crippen LogP contribution in [0.15, 0.2) is 52.9 Å². The fourth-order valence-corrected chi connectivity index (χ4v) is 2.50. The van der Waals surface area contributed by atoms with Gasteiger partial charge < -0.3 is 4.42 Å². The van der Waals surface area contributed by atoms with E-state index in [1.54, 1.807) is 6.07 Å². The van der Waals surface area contributed by atoms with Crippen molar-refractivity contribution in [2.75, 3.05) is 0 Å². The zero-order valence-electron chi connectivity index (χ0n) is 11.6. The van der Waals surface area contributed by atoms with E-state index >= 15 is 0 Å². The van der Waals surface area contributed by atoms with E-state index in [4.69, 9.17) is 4.42 Å². The molecule has 0 spiro atoms. The normalized spacial score (nSPS) is 10.9. The number of ketones is 1. The summed E-state index contributed by atoms with van der Waals surface area (Å²) in [6.45, 7) is 3.97. The van der Waals surface area contributed by atoms with Gasteiger partial charge >= 0.3 is 0 Å². The Labute approximate surface area is 118 Å². The van der Waals surface area contributed by atoms with E-state index in [1.807, 2.05) is 56.3 Å². The van der Waals surface area contributed by atoms with Gasteiger partial charge in [-0.1, -0.05) is 43.3 Å². The van der Waals surface area contributed by atoms with Crippen LogP contribution in [0.2, 0.25) is 0 Å². The van der Waals surface area contributed by atoms with E-state index < -0.39 is 0 Å². The van der Waals surface area contributed by atoms with Gasteiger partial charge in [0.1, 0.15) is 5.76 Å². The van der Waals surface area contributed by atoms with Crippen LogP contribution in [-0.4, -0.2) is 5.78 Å². The SMILES string of the molecule is CCc1ccc(C(=O)c2c(C)ccc3ccccc23)o1. The molecule has 1 heterocycles. The average Bonchev–Trinajstić information content (AvgIpc) is 2.95. The highest BCUT2D eigenvalue weighted by Gasteiger charge is 2.18. The summed E-state index contributed by atoms with van der Waals surface area (Å²) in [4.78, 5) is 12.7. The van der Waals surface area contributed by atoms with Crippen LogP contribution >= 0.6 is 0 Å². The van der Waals surface area contributed by atoms with Gasteiger partial charge in [0.05, 0.1) is 0 Å². The number of aryl methyl sites for hydroxylation is 2. The topological polar surface area (TPSA) is 30.2 Å². The number of hydrogen-bond acceptors (Lipinski definition) is 2. The minimum Gasteiger partial charge on any atom is -0.458 e. The highest BCUT2D eigenvalue weighted by molar-refractivity contribution is 6.16. The Kier molecular flexibility index (Phi) is 3.15. The summed E-state index contributed by atoms with van der Waals surface area (Å²) >= 11 is 0. The quantitative estimate of drug-likeness (QED) is 0.650. The van der Waals surface area contributed by atoms with Crippen LogP contribution in [0.3, 0.4) is 0 Å². The molecular formula is C18H16O2. The van der Waals surface area contributed by atoms with Gasteiger partial charge in [0.15, 0.2) is 5.76 Å². The van der Waals surface area contributed by atoms with Crippen molar-refractivity contribution in [2.45, 2.75) is 20.3 Å². The van der Waals surface area contributed by atoms with Crippen LogP contribution in [0.4, 0.5) is 0 Å². The number of fused-ring (bicyclic) bond motifs is 1. The summed E-state index contributed by atoms with van der Waals surface area (Å²) < 4.78 is 5.60. The molecule has 0 aliphatic carbocycles. The summed E-state index contributed by atoms with van der Waals surface area (Å²) in [5.74, 6) is 1.21. The van der Waals surface area contributed by atoms with Crippen molar-refractivity contribution < 1.29 is 9.21 Å².